The maximum absolute atomic E-state index is 7.13. The Morgan fingerprint density at radius 1 is 1.56 bits per heavy atom. The van der Waals surface area contributed by atoms with Crippen LogP contribution in [0.25, 0.3) is 0 Å². The van der Waals surface area contributed by atoms with E-state index in [0.717, 1.165) is 5.56 Å². The zero-order valence-corrected chi connectivity index (χ0v) is 5.31. The Morgan fingerprint density at radius 2 is 2.33 bits per heavy atom. The second kappa shape index (κ2) is 2.09. The molecule has 1 rings (SSSR count). The molecule has 48 valence electrons. The van der Waals surface area contributed by atoms with Gasteiger partial charge in [0.05, 0.1) is 0 Å². The standard InChI is InChI=1S/C8H11N/c1-6-3-4-8(9)7(2)5-6/h3-5H,9H2,1-2H3/i1D3. The fraction of sp³-hybridized carbons (Fsp3) is 0.250. The van der Waals surface area contributed by atoms with Crippen LogP contribution in [0.1, 0.15) is 15.2 Å². The molecular weight excluding hydrogens is 110 g/mol. The van der Waals surface area contributed by atoms with E-state index in [9.17, 15) is 0 Å². The van der Waals surface area contributed by atoms with Crippen LogP contribution in [0.5, 0.6) is 0 Å². The average Bonchev–Trinajstić information content (AvgIpc) is 1.92. The SMILES string of the molecule is [2H]C([2H])([2H])c1ccc(N)c(C)c1. The van der Waals surface area contributed by atoms with Gasteiger partial charge < -0.3 is 5.73 Å². The summed E-state index contributed by atoms with van der Waals surface area (Å²) in [7, 11) is 0. The number of nitrogens with two attached hydrogens (primary N) is 1. The van der Waals surface area contributed by atoms with Crippen LogP contribution in [0, 0.1) is 13.8 Å². The molecule has 0 aliphatic carbocycles. The number of nitrogen functional groups attached to an aromatic ring is 1. The minimum atomic E-state index is -2.03. The summed E-state index contributed by atoms with van der Waals surface area (Å²) in [6, 6.07) is 4.76. The van der Waals surface area contributed by atoms with Gasteiger partial charge in [0.25, 0.3) is 0 Å². The predicted octanol–water partition coefficient (Wildman–Crippen LogP) is 1.89. The van der Waals surface area contributed by atoms with Crippen LogP contribution in [0.4, 0.5) is 5.69 Å². The van der Waals surface area contributed by atoms with Crippen LogP contribution < -0.4 is 5.73 Å². The second-order valence-electron chi connectivity index (χ2n) is 2.07. The van der Waals surface area contributed by atoms with Gasteiger partial charge in [-0.1, -0.05) is 17.7 Å². The number of benzene rings is 1. The summed E-state index contributed by atoms with van der Waals surface area (Å²) >= 11 is 0. The van der Waals surface area contributed by atoms with Gasteiger partial charge in [-0.05, 0) is 25.4 Å². The summed E-state index contributed by atoms with van der Waals surface area (Å²) in [5.41, 5.74) is 7.33. The highest BCUT2D eigenvalue weighted by Gasteiger charge is 1.89. The van der Waals surface area contributed by atoms with Gasteiger partial charge in [-0.3, -0.25) is 0 Å². The Hall–Kier alpha value is -0.980. The van der Waals surface area contributed by atoms with Crippen molar-refractivity contribution in [3.8, 4) is 0 Å². The van der Waals surface area contributed by atoms with E-state index in [2.05, 4.69) is 0 Å². The molecule has 1 nitrogen and oxygen atoms in total. The van der Waals surface area contributed by atoms with Crippen molar-refractivity contribution in [1.29, 1.82) is 0 Å². The van der Waals surface area contributed by atoms with Crippen LogP contribution in [0.2, 0.25) is 0 Å². The fourth-order valence-corrected chi connectivity index (χ4v) is 0.676. The first-order chi connectivity index (χ1) is 5.41. The summed E-state index contributed by atoms with van der Waals surface area (Å²) < 4.78 is 21.4. The van der Waals surface area contributed by atoms with Crippen LogP contribution in [0.3, 0.4) is 0 Å². The Bertz CT molecular complexity index is 291. The number of hydrogen-bond acceptors (Lipinski definition) is 1. The van der Waals surface area contributed by atoms with Crippen molar-refractivity contribution in [3.05, 3.63) is 29.3 Å². The topological polar surface area (TPSA) is 26.0 Å². The third-order valence-electron chi connectivity index (χ3n) is 1.27. The molecule has 0 spiro atoms. The lowest BCUT2D eigenvalue weighted by Gasteiger charge is -1.98. The molecule has 0 saturated carbocycles. The van der Waals surface area contributed by atoms with Gasteiger partial charge in [0.15, 0.2) is 0 Å². The smallest absolute Gasteiger partial charge is 0.0343 e. The molecule has 1 aromatic carbocycles. The normalized spacial score (nSPS) is 15.9. The van der Waals surface area contributed by atoms with E-state index in [1.165, 1.54) is 6.07 Å². The zero-order valence-electron chi connectivity index (χ0n) is 8.31. The number of aryl methyl sites for hydroxylation is 2. The van der Waals surface area contributed by atoms with Gasteiger partial charge in [0.1, 0.15) is 0 Å². The highest BCUT2D eigenvalue weighted by atomic mass is 14.5. The summed E-state index contributed by atoms with van der Waals surface area (Å²) in [6.45, 7) is -0.233. The first-order valence-electron chi connectivity index (χ1n) is 4.28. The van der Waals surface area contributed by atoms with Gasteiger partial charge in [-0.2, -0.15) is 0 Å². The van der Waals surface area contributed by atoms with Crippen LogP contribution in [0.15, 0.2) is 18.2 Å². The third-order valence-corrected chi connectivity index (χ3v) is 1.27. The quantitative estimate of drug-likeness (QED) is 0.525. The van der Waals surface area contributed by atoms with Gasteiger partial charge in [-0.25, -0.2) is 0 Å². The van der Waals surface area contributed by atoms with Gasteiger partial charge in [0, 0.05) is 9.80 Å². The van der Waals surface area contributed by atoms with E-state index in [1.54, 1.807) is 19.1 Å². The highest BCUT2D eigenvalue weighted by molar-refractivity contribution is 5.47. The molecule has 0 unspecified atom stereocenters. The summed E-state index contributed by atoms with van der Waals surface area (Å²) in [5, 5.41) is 0. The Morgan fingerprint density at radius 3 is 2.89 bits per heavy atom. The maximum atomic E-state index is 7.13. The lowest BCUT2D eigenvalue weighted by Crippen LogP contribution is -1.88. The Balaban J connectivity index is 3.14. The lowest BCUT2D eigenvalue weighted by molar-refractivity contribution is 1.39. The van der Waals surface area contributed by atoms with Crippen molar-refractivity contribution in [2.45, 2.75) is 13.8 Å². The van der Waals surface area contributed by atoms with E-state index < -0.39 is 6.85 Å². The second-order valence-corrected chi connectivity index (χ2v) is 2.07. The third kappa shape index (κ3) is 1.22. The van der Waals surface area contributed by atoms with Crippen molar-refractivity contribution in [2.24, 2.45) is 0 Å². The minimum absolute atomic E-state index is 0.342. The van der Waals surface area contributed by atoms with Crippen molar-refractivity contribution in [2.75, 3.05) is 5.73 Å². The molecule has 0 radical (unpaired) electrons. The molecule has 1 heteroatoms. The number of anilines is 1. The minimum Gasteiger partial charge on any atom is -0.399 e. The van der Waals surface area contributed by atoms with Crippen LogP contribution in [-0.4, -0.2) is 0 Å². The molecular formula is C8H11N. The molecule has 0 amide bonds. The van der Waals surface area contributed by atoms with Crippen molar-refractivity contribution in [1.82, 2.24) is 0 Å². The lowest BCUT2D eigenvalue weighted by atomic mass is 10.1. The van der Waals surface area contributed by atoms with E-state index >= 15 is 0 Å². The highest BCUT2D eigenvalue weighted by Crippen LogP contribution is 2.10. The summed E-state index contributed by atoms with van der Waals surface area (Å²) in [6.07, 6.45) is 0. The largest absolute Gasteiger partial charge is 0.399 e. The molecule has 0 heterocycles. The molecule has 2 N–H and O–H groups in total. The van der Waals surface area contributed by atoms with Crippen molar-refractivity contribution in [3.63, 3.8) is 0 Å². The number of hydrogen-bond donors (Lipinski definition) is 1. The van der Waals surface area contributed by atoms with Gasteiger partial charge >= 0.3 is 0 Å². The van der Waals surface area contributed by atoms with Crippen molar-refractivity contribution < 1.29 is 4.11 Å². The maximum Gasteiger partial charge on any atom is 0.0343 e. The Labute approximate surface area is 59.7 Å². The van der Waals surface area contributed by atoms with E-state index in [-0.39, 0.29) is 0 Å². The average molecular weight is 124 g/mol. The Kier molecular flexibility index (Phi) is 0.758. The summed E-state index contributed by atoms with van der Waals surface area (Å²) in [5.74, 6) is 0. The van der Waals surface area contributed by atoms with E-state index in [1.807, 2.05) is 0 Å². The molecule has 0 bridgehead atoms. The van der Waals surface area contributed by atoms with Crippen molar-refractivity contribution >= 4 is 5.69 Å². The molecule has 9 heavy (non-hydrogen) atoms. The van der Waals surface area contributed by atoms with Crippen LogP contribution in [-0.2, 0) is 0 Å². The predicted molar refractivity (Wildman–Crippen MR) is 40.3 cm³/mol. The van der Waals surface area contributed by atoms with Gasteiger partial charge in [0.2, 0.25) is 0 Å². The van der Waals surface area contributed by atoms with E-state index in [0.29, 0.717) is 11.3 Å². The van der Waals surface area contributed by atoms with E-state index in [4.69, 9.17) is 9.85 Å². The molecule has 0 aromatic heterocycles. The molecule has 0 saturated heterocycles. The fourth-order valence-electron chi connectivity index (χ4n) is 0.676. The first kappa shape index (κ1) is 3.25. The summed E-state index contributed by atoms with van der Waals surface area (Å²) in [4.78, 5) is 0. The molecule has 0 aliphatic heterocycles. The van der Waals surface area contributed by atoms with Gasteiger partial charge in [-0.15, -0.1) is 0 Å². The van der Waals surface area contributed by atoms with Crippen LogP contribution >= 0.6 is 0 Å². The molecule has 0 aliphatic rings. The first-order valence-corrected chi connectivity index (χ1v) is 2.78. The molecule has 1 aromatic rings. The molecule has 0 fully saturated rings. The monoisotopic (exact) mass is 124 g/mol. The number of rotatable bonds is 0. The molecule has 0 atom stereocenters. The zero-order chi connectivity index (χ0) is 9.35.